The lowest BCUT2D eigenvalue weighted by atomic mass is 10.0. The fraction of sp³-hybridized carbons (Fsp3) is 0.588. The van der Waals surface area contributed by atoms with E-state index in [2.05, 4.69) is 10.4 Å². The Bertz CT molecular complexity index is 940. The highest BCUT2D eigenvalue weighted by atomic mass is 32.2. The van der Waals surface area contributed by atoms with Crippen LogP contribution in [0, 0.1) is 0 Å². The molecule has 28 heavy (non-hydrogen) atoms. The van der Waals surface area contributed by atoms with Crippen molar-refractivity contribution in [2.45, 2.75) is 50.0 Å². The maximum Gasteiger partial charge on any atom is 0.410 e. The Morgan fingerprint density at radius 2 is 2.11 bits per heavy atom. The predicted molar refractivity (Wildman–Crippen MR) is 101 cm³/mol. The van der Waals surface area contributed by atoms with Crippen LogP contribution in [0.3, 0.4) is 0 Å². The molecule has 0 amide bonds. The van der Waals surface area contributed by atoms with Crippen LogP contribution >= 0.6 is 11.3 Å². The summed E-state index contributed by atoms with van der Waals surface area (Å²) in [5, 5.41) is 9.23. The highest BCUT2D eigenvalue weighted by Gasteiger charge is 2.47. The van der Waals surface area contributed by atoms with Crippen LogP contribution in [-0.2, 0) is 10.0 Å². The molecule has 1 fully saturated rings. The highest BCUT2D eigenvalue weighted by molar-refractivity contribution is 7.88. The second kappa shape index (κ2) is 7.03. The number of anilines is 1. The SMILES string of the molecule is CS(=O)(=O)N1CCCC[C@H]1c1cc2n(n1)[C@@H](C(F)(F)F)C[C@@H](c1cccs1)N2. The van der Waals surface area contributed by atoms with Crippen molar-refractivity contribution in [1.29, 1.82) is 0 Å². The number of sulfonamides is 1. The van der Waals surface area contributed by atoms with Crippen LogP contribution in [0.15, 0.2) is 23.6 Å². The first-order valence-corrected chi connectivity index (χ1v) is 11.8. The van der Waals surface area contributed by atoms with Gasteiger partial charge in [0.2, 0.25) is 10.0 Å². The van der Waals surface area contributed by atoms with E-state index in [0.717, 1.165) is 28.7 Å². The molecular weight excluding hydrogens is 413 g/mol. The summed E-state index contributed by atoms with van der Waals surface area (Å²) in [7, 11) is -3.47. The molecule has 2 aromatic rings. The van der Waals surface area contributed by atoms with Crippen molar-refractivity contribution in [3.63, 3.8) is 0 Å². The van der Waals surface area contributed by atoms with Gasteiger partial charge in [0.15, 0.2) is 6.04 Å². The number of fused-ring (bicyclic) bond motifs is 1. The van der Waals surface area contributed by atoms with Crippen LogP contribution in [-0.4, -0.2) is 41.5 Å². The van der Waals surface area contributed by atoms with Gasteiger partial charge in [0.25, 0.3) is 0 Å². The number of rotatable bonds is 3. The largest absolute Gasteiger partial charge is 0.410 e. The standard InChI is InChI=1S/C17H21F3N4O2S2/c1-28(25,26)23-7-3-2-5-13(23)11-10-16-21-12(14-6-4-8-27-14)9-15(17(18,19)20)24(16)22-11/h4,6,8,10,12-13,15,21H,2-3,5,7,9H2,1H3/t12-,13-,15+/m0/s1. The first-order valence-electron chi connectivity index (χ1n) is 9.07. The number of hydrogen-bond donors (Lipinski definition) is 1. The predicted octanol–water partition coefficient (Wildman–Crippen LogP) is 4.09. The zero-order chi connectivity index (χ0) is 20.1. The van der Waals surface area contributed by atoms with E-state index in [4.69, 9.17) is 0 Å². The van der Waals surface area contributed by atoms with Gasteiger partial charge >= 0.3 is 6.18 Å². The number of halogens is 3. The van der Waals surface area contributed by atoms with E-state index in [-0.39, 0.29) is 12.2 Å². The van der Waals surface area contributed by atoms with Crippen LogP contribution in [0.25, 0.3) is 0 Å². The van der Waals surface area contributed by atoms with Gasteiger partial charge in [-0.1, -0.05) is 12.5 Å². The molecule has 6 nitrogen and oxygen atoms in total. The Morgan fingerprint density at radius 1 is 1.32 bits per heavy atom. The van der Waals surface area contributed by atoms with Gasteiger partial charge in [0.1, 0.15) is 5.82 Å². The topological polar surface area (TPSA) is 67.2 Å². The lowest BCUT2D eigenvalue weighted by Crippen LogP contribution is -2.38. The third kappa shape index (κ3) is 3.67. The Hall–Kier alpha value is -1.59. The summed E-state index contributed by atoms with van der Waals surface area (Å²) in [4.78, 5) is 0.832. The third-order valence-corrected chi connectivity index (χ3v) is 7.59. The zero-order valence-corrected chi connectivity index (χ0v) is 16.8. The fourth-order valence-electron chi connectivity index (χ4n) is 4.03. The lowest BCUT2D eigenvalue weighted by molar-refractivity contribution is -0.173. The maximum absolute atomic E-state index is 13.8. The summed E-state index contributed by atoms with van der Waals surface area (Å²) in [6, 6.07) is 2.47. The minimum Gasteiger partial charge on any atom is -0.363 e. The number of nitrogens with zero attached hydrogens (tertiary/aromatic N) is 3. The molecule has 0 aromatic carbocycles. The molecule has 3 atom stereocenters. The summed E-state index contributed by atoms with van der Waals surface area (Å²) in [5.41, 5.74) is 0.369. The molecule has 2 aliphatic rings. The van der Waals surface area contributed by atoms with Gasteiger partial charge < -0.3 is 5.32 Å². The first kappa shape index (κ1) is 19.7. The van der Waals surface area contributed by atoms with Gasteiger partial charge in [-0.3, -0.25) is 0 Å². The van der Waals surface area contributed by atoms with E-state index in [0.29, 0.717) is 18.7 Å². The molecule has 2 aliphatic heterocycles. The molecule has 4 heterocycles. The Balaban J connectivity index is 1.72. The van der Waals surface area contributed by atoms with Gasteiger partial charge in [0.05, 0.1) is 24.0 Å². The summed E-state index contributed by atoms with van der Waals surface area (Å²) in [6.07, 6.45) is -1.37. The van der Waals surface area contributed by atoms with Gasteiger partial charge in [-0.2, -0.15) is 22.6 Å². The number of aromatic nitrogens is 2. The van der Waals surface area contributed by atoms with Crippen molar-refractivity contribution in [3.8, 4) is 0 Å². The van der Waals surface area contributed by atoms with Gasteiger partial charge in [0, 0.05) is 23.9 Å². The summed E-state index contributed by atoms with van der Waals surface area (Å²) in [5.74, 6) is 0.279. The fourth-order valence-corrected chi connectivity index (χ4v) is 5.96. The number of alkyl halides is 3. The van der Waals surface area contributed by atoms with Crippen LogP contribution in [0.2, 0.25) is 0 Å². The molecule has 1 N–H and O–H groups in total. The molecule has 11 heteroatoms. The number of thiophene rings is 1. The van der Waals surface area contributed by atoms with E-state index < -0.39 is 34.3 Å². The molecule has 4 rings (SSSR count). The Morgan fingerprint density at radius 3 is 2.75 bits per heavy atom. The van der Waals surface area contributed by atoms with E-state index in [1.807, 2.05) is 17.5 Å². The van der Waals surface area contributed by atoms with Gasteiger partial charge in [-0.15, -0.1) is 11.3 Å². The molecule has 154 valence electrons. The first-order chi connectivity index (χ1) is 13.1. The van der Waals surface area contributed by atoms with Crippen molar-refractivity contribution >= 4 is 27.2 Å². The van der Waals surface area contributed by atoms with Crippen LogP contribution < -0.4 is 5.32 Å². The van der Waals surface area contributed by atoms with Crippen molar-refractivity contribution in [1.82, 2.24) is 14.1 Å². The minimum atomic E-state index is -4.45. The molecule has 2 aromatic heterocycles. The molecule has 0 saturated carbocycles. The molecule has 1 saturated heterocycles. The number of piperidine rings is 1. The zero-order valence-electron chi connectivity index (χ0n) is 15.2. The summed E-state index contributed by atoms with van der Waals surface area (Å²) >= 11 is 1.41. The lowest BCUT2D eigenvalue weighted by Gasteiger charge is -2.33. The Labute approximate surface area is 165 Å². The molecule has 0 aliphatic carbocycles. The molecular formula is C17H21F3N4O2S2. The van der Waals surface area contributed by atoms with Gasteiger partial charge in [-0.05, 0) is 24.3 Å². The van der Waals surface area contributed by atoms with Crippen LogP contribution in [0.4, 0.5) is 19.0 Å². The van der Waals surface area contributed by atoms with E-state index >= 15 is 0 Å². The molecule has 0 radical (unpaired) electrons. The van der Waals surface area contributed by atoms with Gasteiger partial charge in [-0.25, -0.2) is 13.1 Å². The number of nitrogens with one attached hydrogen (secondary N) is 1. The normalized spacial score (nSPS) is 26.6. The molecule has 0 unspecified atom stereocenters. The third-order valence-electron chi connectivity index (χ3n) is 5.32. The molecule has 0 spiro atoms. The average Bonchev–Trinajstić information content (AvgIpc) is 3.28. The number of hydrogen-bond acceptors (Lipinski definition) is 5. The van der Waals surface area contributed by atoms with Crippen molar-refractivity contribution < 1.29 is 21.6 Å². The molecule has 0 bridgehead atoms. The second-order valence-corrected chi connectivity index (χ2v) is 10.2. The van der Waals surface area contributed by atoms with Crippen LogP contribution in [0.5, 0.6) is 0 Å². The highest BCUT2D eigenvalue weighted by Crippen LogP contribution is 2.45. The quantitative estimate of drug-likeness (QED) is 0.790. The minimum absolute atomic E-state index is 0.154. The van der Waals surface area contributed by atoms with E-state index in [9.17, 15) is 21.6 Å². The summed E-state index contributed by atoms with van der Waals surface area (Å²) in [6.45, 7) is 0.361. The van der Waals surface area contributed by atoms with Crippen molar-refractivity contribution in [2.75, 3.05) is 18.1 Å². The Kier molecular flexibility index (Phi) is 4.95. The van der Waals surface area contributed by atoms with Crippen molar-refractivity contribution in [3.05, 3.63) is 34.2 Å². The average molecular weight is 435 g/mol. The monoisotopic (exact) mass is 434 g/mol. The smallest absolute Gasteiger partial charge is 0.363 e. The second-order valence-electron chi connectivity index (χ2n) is 7.29. The van der Waals surface area contributed by atoms with E-state index in [1.165, 1.54) is 15.6 Å². The summed E-state index contributed by atoms with van der Waals surface area (Å²) < 4.78 is 67.9. The maximum atomic E-state index is 13.8. The van der Waals surface area contributed by atoms with Crippen LogP contribution in [0.1, 0.15) is 54.4 Å². The van der Waals surface area contributed by atoms with E-state index in [1.54, 1.807) is 6.07 Å². The van der Waals surface area contributed by atoms with Crippen molar-refractivity contribution in [2.24, 2.45) is 0 Å².